The predicted molar refractivity (Wildman–Crippen MR) is 73.8 cm³/mol. The van der Waals surface area contributed by atoms with Crippen molar-refractivity contribution < 1.29 is 0 Å². The van der Waals surface area contributed by atoms with Crippen molar-refractivity contribution >= 4 is 25.3 Å². The monoisotopic (exact) mass is 252 g/mol. The lowest BCUT2D eigenvalue weighted by Crippen LogP contribution is -2.45. The fraction of sp³-hybridized carbons (Fsp3) is 1.00. The van der Waals surface area contributed by atoms with Crippen LogP contribution in [0.2, 0.25) is 0 Å². The van der Waals surface area contributed by atoms with Crippen LogP contribution >= 0.6 is 25.3 Å². The second kappa shape index (κ2) is 8.66. The van der Waals surface area contributed by atoms with Crippen LogP contribution in [-0.2, 0) is 0 Å². The van der Waals surface area contributed by atoms with E-state index in [-0.39, 0.29) is 6.04 Å². The van der Waals surface area contributed by atoms with Gasteiger partial charge in [-0.2, -0.15) is 25.3 Å². The van der Waals surface area contributed by atoms with Crippen LogP contribution in [0.15, 0.2) is 0 Å². The minimum Gasteiger partial charge on any atom is -0.329 e. The molecule has 0 aromatic rings. The second-order valence-corrected chi connectivity index (χ2v) is 6.01. The maximum atomic E-state index is 5.87. The van der Waals surface area contributed by atoms with E-state index in [4.69, 9.17) is 11.5 Å². The van der Waals surface area contributed by atoms with Gasteiger partial charge in [-0.3, -0.25) is 0 Å². The van der Waals surface area contributed by atoms with Crippen LogP contribution in [0.3, 0.4) is 0 Å². The quantitative estimate of drug-likeness (QED) is 0.189. The van der Waals surface area contributed by atoms with Crippen LogP contribution in [0.1, 0.15) is 13.3 Å². The molecular formula is C9H24N4S2. The first kappa shape index (κ1) is 15.5. The fourth-order valence-electron chi connectivity index (χ4n) is 1.02. The summed E-state index contributed by atoms with van der Waals surface area (Å²) < 4.78 is -0.426. The van der Waals surface area contributed by atoms with Crippen molar-refractivity contribution in [3.05, 3.63) is 0 Å². The molecule has 0 saturated carbocycles. The maximum absolute atomic E-state index is 5.87. The molecule has 1 unspecified atom stereocenters. The number of rotatable bonds is 9. The topological polar surface area (TPSA) is 76.1 Å². The molecule has 0 aliphatic rings. The van der Waals surface area contributed by atoms with Gasteiger partial charge in [0.25, 0.3) is 0 Å². The number of nitrogens with one attached hydrogen (secondary N) is 2. The van der Waals surface area contributed by atoms with E-state index in [0.717, 1.165) is 32.6 Å². The van der Waals surface area contributed by atoms with E-state index in [1.807, 2.05) is 6.92 Å². The summed E-state index contributed by atoms with van der Waals surface area (Å²) >= 11 is 8.59. The van der Waals surface area contributed by atoms with E-state index in [0.29, 0.717) is 6.54 Å². The first-order chi connectivity index (χ1) is 6.98. The summed E-state index contributed by atoms with van der Waals surface area (Å²) in [6.07, 6.45) is 1.07. The molecule has 0 spiro atoms. The minimum atomic E-state index is -0.426. The van der Waals surface area contributed by atoms with Crippen molar-refractivity contribution in [3.63, 3.8) is 0 Å². The smallest absolute Gasteiger partial charge is 0.0686 e. The molecule has 0 saturated heterocycles. The normalized spacial score (nSPS) is 14.2. The van der Waals surface area contributed by atoms with Crippen LogP contribution in [-0.4, -0.2) is 42.8 Å². The molecule has 0 radical (unpaired) electrons. The van der Waals surface area contributed by atoms with Gasteiger partial charge in [-0.15, -0.1) is 0 Å². The molecule has 0 bridgehead atoms. The standard InChI is InChI=1S/C9H24N4S2/c1-9(14,15)8(11)7-13-5-2-4-12-6-3-10/h8,12-15H,2-7,10-11H2,1H3. The molecule has 4 nitrogen and oxygen atoms in total. The zero-order valence-electron chi connectivity index (χ0n) is 9.37. The summed E-state index contributed by atoms with van der Waals surface area (Å²) in [5, 5.41) is 6.50. The van der Waals surface area contributed by atoms with Gasteiger partial charge in [0.1, 0.15) is 0 Å². The number of nitrogens with two attached hydrogens (primary N) is 2. The van der Waals surface area contributed by atoms with Crippen molar-refractivity contribution in [2.24, 2.45) is 11.5 Å². The Labute approximate surface area is 104 Å². The molecule has 0 aromatic heterocycles. The fourth-order valence-corrected chi connectivity index (χ4v) is 1.20. The average molecular weight is 252 g/mol. The van der Waals surface area contributed by atoms with Crippen LogP contribution in [0, 0.1) is 0 Å². The highest BCUT2D eigenvalue weighted by atomic mass is 32.2. The molecule has 1 atom stereocenters. The summed E-state index contributed by atoms with van der Waals surface area (Å²) in [7, 11) is 0. The third-order valence-electron chi connectivity index (χ3n) is 2.09. The Balaban J connectivity index is 3.24. The lowest BCUT2D eigenvalue weighted by molar-refractivity contribution is 0.536. The predicted octanol–water partition coefficient (Wildman–Crippen LogP) is -0.582. The maximum Gasteiger partial charge on any atom is 0.0686 e. The van der Waals surface area contributed by atoms with E-state index in [1.54, 1.807) is 0 Å². The molecule has 0 heterocycles. The average Bonchev–Trinajstić information content (AvgIpc) is 2.14. The Morgan fingerprint density at radius 1 is 1.20 bits per heavy atom. The van der Waals surface area contributed by atoms with Gasteiger partial charge in [0, 0.05) is 25.7 Å². The molecule has 0 rings (SSSR count). The molecule has 0 amide bonds. The summed E-state index contributed by atoms with van der Waals surface area (Å²) in [6, 6.07) is -0.0545. The van der Waals surface area contributed by atoms with Gasteiger partial charge in [-0.1, -0.05) is 0 Å². The lowest BCUT2D eigenvalue weighted by Gasteiger charge is -2.25. The van der Waals surface area contributed by atoms with E-state index >= 15 is 0 Å². The van der Waals surface area contributed by atoms with Gasteiger partial charge >= 0.3 is 0 Å². The minimum absolute atomic E-state index is 0.0545. The molecule has 15 heavy (non-hydrogen) atoms. The Morgan fingerprint density at radius 2 is 1.80 bits per heavy atom. The van der Waals surface area contributed by atoms with Crippen LogP contribution in [0.4, 0.5) is 0 Å². The molecular weight excluding hydrogens is 228 g/mol. The highest BCUT2D eigenvalue weighted by molar-refractivity contribution is 8.00. The van der Waals surface area contributed by atoms with Crippen LogP contribution in [0.5, 0.6) is 0 Å². The summed E-state index contributed by atoms with van der Waals surface area (Å²) in [6.45, 7) is 6.14. The van der Waals surface area contributed by atoms with Crippen molar-refractivity contribution in [3.8, 4) is 0 Å². The second-order valence-electron chi connectivity index (χ2n) is 3.80. The molecule has 6 N–H and O–H groups in total. The molecule has 92 valence electrons. The summed E-state index contributed by atoms with van der Waals surface area (Å²) in [5.74, 6) is 0. The molecule has 0 aromatic carbocycles. The van der Waals surface area contributed by atoms with Crippen molar-refractivity contribution in [1.82, 2.24) is 10.6 Å². The van der Waals surface area contributed by atoms with Crippen molar-refractivity contribution in [2.45, 2.75) is 23.5 Å². The lowest BCUT2D eigenvalue weighted by atomic mass is 10.2. The third kappa shape index (κ3) is 9.47. The SMILES string of the molecule is CC(S)(S)C(N)CNCCCNCCN. The Kier molecular flexibility index (Phi) is 8.98. The number of hydrogen-bond acceptors (Lipinski definition) is 6. The first-order valence-corrected chi connectivity index (χ1v) is 6.19. The zero-order valence-corrected chi connectivity index (χ0v) is 11.2. The van der Waals surface area contributed by atoms with Gasteiger partial charge in [0.05, 0.1) is 4.08 Å². The Bertz CT molecular complexity index is 150. The van der Waals surface area contributed by atoms with Gasteiger partial charge < -0.3 is 22.1 Å². The van der Waals surface area contributed by atoms with Gasteiger partial charge in [0.15, 0.2) is 0 Å². The molecule has 6 heteroatoms. The zero-order chi connectivity index (χ0) is 11.7. The third-order valence-corrected chi connectivity index (χ3v) is 2.76. The van der Waals surface area contributed by atoms with E-state index in [1.165, 1.54) is 0 Å². The highest BCUT2D eigenvalue weighted by Gasteiger charge is 2.21. The van der Waals surface area contributed by atoms with E-state index in [2.05, 4.69) is 35.9 Å². The van der Waals surface area contributed by atoms with E-state index < -0.39 is 4.08 Å². The molecule has 0 fully saturated rings. The largest absolute Gasteiger partial charge is 0.329 e. The molecule has 0 aliphatic heterocycles. The van der Waals surface area contributed by atoms with E-state index in [9.17, 15) is 0 Å². The summed E-state index contributed by atoms with van der Waals surface area (Å²) in [5.41, 5.74) is 11.2. The van der Waals surface area contributed by atoms with Gasteiger partial charge in [-0.25, -0.2) is 0 Å². The first-order valence-electron chi connectivity index (χ1n) is 5.30. The molecule has 0 aliphatic carbocycles. The van der Waals surface area contributed by atoms with Crippen LogP contribution in [0.25, 0.3) is 0 Å². The van der Waals surface area contributed by atoms with Gasteiger partial charge in [0.2, 0.25) is 0 Å². The Hall–Kier alpha value is 0.540. The van der Waals surface area contributed by atoms with Crippen molar-refractivity contribution in [1.29, 1.82) is 0 Å². The van der Waals surface area contributed by atoms with Gasteiger partial charge in [-0.05, 0) is 26.4 Å². The Morgan fingerprint density at radius 3 is 2.33 bits per heavy atom. The number of hydrogen-bond donors (Lipinski definition) is 6. The number of thiol groups is 2. The van der Waals surface area contributed by atoms with Crippen LogP contribution < -0.4 is 22.1 Å². The van der Waals surface area contributed by atoms with Crippen molar-refractivity contribution in [2.75, 3.05) is 32.7 Å². The highest BCUT2D eigenvalue weighted by Crippen LogP contribution is 2.20. The summed E-state index contributed by atoms with van der Waals surface area (Å²) in [4.78, 5) is 0.